The first-order valence-electron chi connectivity index (χ1n) is 11.9. The molecule has 1 atom stereocenters. The molecule has 1 aliphatic carbocycles. The molecule has 1 unspecified atom stereocenters. The van der Waals surface area contributed by atoms with E-state index in [0.717, 1.165) is 30.5 Å². The number of nitrogens with zero attached hydrogens (tertiary/aromatic N) is 3. The number of aromatic nitrogens is 2. The summed E-state index contributed by atoms with van der Waals surface area (Å²) >= 11 is 0. The maximum absolute atomic E-state index is 15.5. The molecule has 2 fully saturated rings. The summed E-state index contributed by atoms with van der Waals surface area (Å²) in [7, 11) is 0. The third-order valence-electron chi connectivity index (χ3n) is 6.70. The van der Waals surface area contributed by atoms with E-state index in [0.29, 0.717) is 11.1 Å². The van der Waals surface area contributed by atoms with Crippen LogP contribution >= 0.6 is 0 Å². The highest BCUT2D eigenvalue weighted by Crippen LogP contribution is 2.35. The van der Waals surface area contributed by atoms with Gasteiger partial charge in [0.05, 0.1) is 5.56 Å². The molecule has 3 amide bonds. The van der Waals surface area contributed by atoms with Gasteiger partial charge in [0.15, 0.2) is 11.6 Å². The van der Waals surface area contributed by atoms with Gasteiger partial charge in [0.2, 0.25) is 5.82 Å². The standard InChI is InChI=1S/C26H24F4N6O2/c1-25(23(37)34-24(38)35-25)17-6-2-15(3-7-17)12-31-21-20(27)22(33-14-32-21)36(19-10-11-19)13-16-4-8-18(9-5-16)26(28,29)30/h2-9,14,19H,10-13H2,1H3,(H,31,32,33)(H2,34,35,37,38). The minimum Gasteiger partial charge on any atom is -0.363 e. The van der Waals surface area contributed by atoms with Crippen LogP contribution in [0, 0.1) is 5.82 Å². The van der Waals surface area contributed by atoms with Gasteiger partial charge in [-0.05, 0) is 48.6 Å². The quantitative estimate of drug-likeness (QED) is 0.295. The van der Waals surface area contributed by atoms with Crippen molar-refractivity contribution < 1.29 is 27.2 Å². The topological polar surface area (TPSA) is 99.2 Å². The summed E-state index contributed by atoms with van der Waals surface area (Å²) in [4.78, 5) is 33.6. The Kier molecular flexibility index (Phi) is 6.41. The number of halogens is 4. The van der Waals surface area contributed by atoms with E-state index in [1.165, 1.54) is 18.5 Å². The van der Waals surface area contributed by atoms with E-state index in [-0.39, 0.29) is 30.8 Å². The summed E-state index contributed by atoms with van der Waals surface area (Å²) < 4.78 is 54.2. The number of alkyl halides is 3. The second kappa shape index (κ2) is 9.58. The lowest BCUT2D eigenvalue weighted by molar-refractivity contribution is -0.137. The normalized spacial score (nSPS) is 19.2. The van der Waals surface area contributed by atoms with E-state index in [4.69, 9.17) is 0 Å². The van der Waals surface area contributed by atoms with E-state index in [2.05, 4.69) is 25.9 Å². The molecule has 5 rings (SSSR count). The van der Waals surface area contributed by atoms with Crippen molar-refractivity contribution in [3.05, 3.63) is 82.9 Å². The Balaban J connectivity index is 1.29. The zero-order chi connectivity index (χ0) is 27.1. The maximum Gasteiger partial charge on any atom is 0.416 e. The molecule has 1 aromatic heterocycles. The summed E-state index contributed by atoms with van der Waals surface area (Å²) in [6.45, 7) is 2.04. The van der Waals surface area contributed by atoms with Crippen LogP contribution in [0.2, 0.25) is 0 Å². The Bertz CT molecular complexity index is 1360. The van der Waals surface area contributed by atoms with Gasteiger partial charge in [-0.2, -0.15) is 17.6 Å². The molecule has 2 heterocycles. The minimum atomic E-state index is -4.42. The fourth-order valence-corrected chi connectivity index (χ4v) is 4.33. The monoisotopic (exact) mass is 528 g/mol. The molecular weight excluding hydrogens is 504 g/mol. The molecule has 0 bridgehead atoms. The molecule has 12 heteroatoms. The molecule has 0 spiro atoms. The highest BCUT2D eigenvalue weighted by Gasteiger charge is 2.43. The van der Waals surface area contributed by atoms with Gasteiger partial charge in [0.25, 0.3) is 5.91 Å². The van der Waals surface area contributed by atoms with Crippen molar-refractivity contribution in [2.45, 2.75) is 50.6 Å². The number of urea groups is 1. The number of benzene rings is 2. The third kappa shape index (κ3) is 5.11. The van der Waals surface area contributed by atoms with Crippen molar-refractivity contribution in [1.29, 1.82) is 0 Å². The van der Waals surface area contributed by atoms with E-state index < -0.39 is 35.0 Å². The summed E-state index contributed by atoms with van der Waals surface area (Å²) in [5.74, 6) is -1.02. The molecule has 1 aliphatic heterocycles. The fourth-order valence-electron chi connectivity index (χ4n) is 4.33. The Morgan fingerprint density at radius 1 is 1.03 bits per heavy atom. The number of anilines is 2. The molecular formula is C26H24F4N6O2. The molecule has 1 saturated heterocycles. The molecule has 2 aromatic carbocycles. The second-order valence-corrected chi connectivity index (χ2v) is 9.50. The van der Waals surface area contributed by atoms with Gasteiger partial charge in [-0.3, -0.25) is 10.1 Å². The van der Waals surface area contributed by atoms with Gasteiger partial charge in [-0.1, -0.05) is 36.4 Å². The van der Waals surface area contributed by atoms with Crippen molar-refractivity contribution >= 4 is 23.6 Å². The number of rotatable bonds is 8. The van der Waals surface area contributed by atoms with Gasteiger partial charge in [0, 0.05) is 19.1 Å². The van der Waals surface area contributed by atoms with Crippen LogP contribution in [0.4, 0.5) is 34.0 Å². The van der Waals surface area contributed by atoms with Crippen molar-refractivity contribution in [3.8, 4) is 0 Å². The van der Waals surface area contributed by atoms with E-state index in [1.54, 1.807) is 36.1 Å². The summed E-state index contributed by atoms with van der Waals surface area (Å²) in [5, 5.41) is 7.78. The molecule has 8 nitrogen and oxygen atoms in total. The van der Waals surface area contributed by atoms with Crippen LogP contribution in [0.15, 0.2) is 54.9 Å². The van der Waals surface area contributed by atoms with Crippen LogP contribution in [0.1, 0.15) is 42.0 Å². The minimum absolute atomic E-state index is 0.00783. The summed E-state index contributed by atoms with van der Waals surface area (Å²) in [6, 6.07) is 11.2. The highest BCUT2D eigenvalue weighted by atomic mass is 19.4. The molecule has 198 valence electrons. The first-order valence-corrected chi connectivity index (χ1v) is 11.9. The van der Waals surface area contributed by atoms with Gasteiger partial charge in [-0.25, -0.2) is 14.8 Å². The molecule has 3 aromatic rings. The fraction of sp³-hybridized carbons (Fsp3) is 0.308. The maximum atomic E-state index is 15.5. The van der Waals surface area contributed by atoms with Crippen molar-refractivity contribution in [3.63, 3.8) is 0 Å². The smallest absolute Gasteiger partial charge is 0.363 e. The number of hydrogen-bond donors (Lipinski definition) is 3. The number of carbonyl (C=O) groups excluding carboxylic acids is 2. The van der Waals surface area contributed by atoms with Crippen LogP contribution < -0.4 is 20.9 Å². The molecule has 0 radical (unpaired) electrons. The van der Waals surface area contributed by atoms with Crippen LogP contribution in [0.25, 0.3) is 0 Å². The van der Waals surface area contributed by atoms with Gasteiger partial charge >= 0.3 is 12.2 Å². The number of hydrogen-bond acceptors (Lipinski definition) is 6. The average Bonchev–Trinajstić information content (AvgIpc) is 3.68. The number of carbonyl (C=O) groups is 2. The zero-order valence-corrected chi connectivity index (χ0v) is 20.3. The van der Waals surface area contributed by atoms with Crippen molar-refractivity contribution in [2.75, 3.05) is 10.2 Å². The Morgan fingerprint density at radius 2 is 1.68 bits per heavy atom. The number of imide groups is 1. The lowest BCUT2D eigenvalue weighted by atomic mass is 9.91. The van der Waals surface area contributed by atoms with Crippen LogP contribution in [0.3, 0.4) is 0 Å². The molecule has 2 aliphatic rings. The van der Waals surface area contributed by atoms with Crippen molar-refractivity contribution in [1.82, 2.24) is 20.6 Å². The average molecular weight is 529 g/mol. The third-order valence-corrected chi connectivity index (χ3v) is 6.70. The van der Waals surface area contributed by atoms with E-state index >= 15 is 4.39 Å². The first kappa shape index (κ1) is 25.4. The van der Waals surface area contributed by atoms with Crippen LogP contribution in [-0.2, 0) is 29.6 Å². The molecule has 3 N–H and O–H groups in total. The number of nitrogens with one attached hydrogen (secondary N) is 3. The summed E-state index contributed by atoms with van der Waals surface area (Å²) in [6.07, 6.45) is -1.52. The van der Waals surface area contributed by atoms with E-state index in [9.17, 15) is 22.8 Å². The highest BCUT2D eigenvalue weighted by molar-refractivity contribution is 6.07. The van der Waals surface area contributed by atoms with Crippen LogP contribution in [-0.4, -0.2) is 27.9 Å². The van der Waals surface area contributed by atoms with Gasteiger partial charge in [0.1, 0.15) is 11.9 Å². The largest absolute Gasteiger partial charge is 0.416 e. The van der Waals surface area contributed by atoms with E-state index in [1.807, 2.05) is 0 Å². The molecule has 1 saturated carbocycles. The number of amides is 3. The van der Waals surface area contributed by atoms with Gasteiger partial charge in [-0.15, -0.1) is 0 Å². The summed E-state index contributed by atoms with van der Waals surface area (Å²) in [5.41, 5.74) is 0.0836. The first-order chi connectivity index (χ1) is 18.0. The van der Waals surface area contributed by atoms with Gasteiger partial charge < -0.3 is 15.5 Å². The Morgan fingerprint density at radius 3 is 2.26 bits per heavy atom. The second-order valence-electron chi connectivity index (χ2n) is 9.50. The predicted molar refractivity (Wildman–Crippen MR) is 130 cm³/mol. The Hall–Kier alpha value is -4.22. The molecule has 38 heavy (non-hydrogen) atoms. The Labute approximate surface area is 215 Å². The van der Waals surface area contributed by atoms with Crippen molar-refractivity contribution in [2.24, 2.45) is 0 Å². The predicted octanol–water partition coefficient (Wildman–Crippen LogP) is 4.47. The lowest BCUT2D eigenvalue weighted by Gasteiger charge is -2.25. The van der Waals surface area contributed by atoms with Crippen LogP contribution in [0.5, 0.6) is 0 Å². The lowest BCUT2D eigenvalue weighted by Crippen LogP contribution is -2.40. The zero-order valence-electron chi connectivity index (χ0n) is 20.3. The SMILES string of the molecule is CC1(c2ccc(CNc3ncnc(N(Cc4ccc(C(F)(F)F)cc4)C4CC4)c3F)cc2)NC(=O)NC1=O.